The first-order valence-electron chi connectivity index (χ1n) is 7.07. The van der Waals surface area contributed by atoms with E-state index in [-0.39, 0.29) is 0 Å². The molecule has 1 saturated heterocycles. The van der Waals surface area contributed by atoms with Gasteiger partial charge in [-0.25, -0.2) is 0 Å². The van der Waals surface area contributed by atoms with E-state index in [1.54, 1.807) is 0 Å². The Morgan fingerprint density at radius 1 is 0.867 bits per heavy atom. The first-order chi connectivity index (χ1) is 7.35. The van der Waals surface area contributed by atoms with Crippen molar-refractivity contribution in [3.05, 3.63) is 0 Å². The van der Waals surface area contributed by atoms with Gasteiger partial charge in [0.25, 0.3) is 0 Å². The smallest absolute Gasteiger partial charge is 0.00135 e. The van der Waals surface area contributed by atoms with Gasteiger partial charge in [0.2, 0.25) is 0 Å². The van der Waals surface area contributed by atoms with Crippen LogP contribution in [0.4, 0.5) is 0 Å². The molecule has 1 spiro atoms. The molecule has 0 radical (unpaired) electrons. The minimum Gasteiger partial charge on any atom is -0.304 e. The van der Waals surface area contributed by atoms with E-state index in [2.05, 4.69) is 11.8 Å². The minimum atomic E-state index is 0.796. The molecule has 2 fully saturated rings. The van der Waals surface area contributed by atoms with E-state index in [4.69, 9.17) is 0 Å². The van der Waals surface area contributed by atoms with Crippen LogP contribution in [0.25, 0.3) is 0 Å². The maximum absolute atomic E-state index is 2.61. The van der Waals surface area contributed by atoms with Gasteiger partial charge >= 0.3 is 0 Å². The van der Waals surface area contributed by atoms with Crippen LogP contribution in [0.1, 0.15) is 65.7 Å². The number of hydrogen-bond donors (Lipinski definition) is 0. The average molecular weight is 211 g/mol. The summed E-state index contributed by atoms with van der Waals surface area (Å²) < 4.78 is 0. The van der Waals surface area contributed by atoms with E-state index in [1.807, 2.05) is 13.8 Å². The van der Waals surface area contributed by atoms with Crippen molar-refractivity contribution >= 4 is 0 Å². The second kappa shape index (κ2) is 6.52. The van der Waals surface area contributed by atoms with Crippen molar-refractivity contribution in [2.75, 3.05) is 19.6 Å². The van der Waals surface area contributed by atoms with Gasteiger partial charge in [-0.3, -0.25) is 0 Å². The van der Waals surface area contributed by atoms with Crippen LogP contribution >= 0.6 is 0 Å². The largest absolute Gasteiger partial charge is 0.304 e. The molecular weight excluding hydrogens is 182 g/mol. The van der Waals surface area contributed by atoms with Gasteiger partial charge in [0.05, 0.1) is 0 Å². The van der Waals surface area contributed by atoms with Crippen molar-refractivity contribution in [2.24, 2.45) is 5.41 Å². The molecule has 1 nitrogen and oxygen atoms in total. The Labute approximate surface area is 96.2 Å². The maximum Gasteiger partial charge on any atom is -0.00135 e. The predicted molar refractivity (Wildman–Crippen MR) is 68.2 cm³/mol. The number of hydrogen-bond acceptors (Lipinski definition) is 1. The monoisotopic (exact) mass is 211 g/mol. The van der Waals surface area contributed by atoms with E-state index in [1.165, 1.54) is 64.6 Å². The van der Waals surface area contributed by atoms with Crippen molar-refractivity contribution < 1.29 is 0 Å². The molecule has 15 heavy (non-hydrogen) atoms. The summed E-state index contributed by atoms with van der Waals surface area (Å²) in [6, 6.07) is 0. The highest BCUT2D eigenvalue weighted by atomic mass is 15.1. The van der Waals surface area contributed by atoms with Crippen molar-refractivity contribution in [3.63, 3.8) is 0 Å². The van der Waals surface area contributed by atoms with Gasteiger partial charge in [0, 0.05) is 0 Å². The average Bonchev–Trinajstić information content (AvgIpc) is 2.34. The highest BCUT2D eigenvalue weighted by Crippen LogP contribution is 2.44. The molecule has 0 atom stereocenters. The summed E-state index contributed by atoms with van der Waals surface area (Å²) in [5, 5.41) is 0. The minimum absolute atomic E-state index is 0.796. The van der Waals surface area contributed by atoms with Crippen LogP contribution in [0.15, 0.2) is 0 Å². The van der Waals surface area contributed by atoms with Gasteiger partial charge in [-0.05, 0) is 50.7 Å². The summed E-state index contributed by atoms with van der Waals surface area (Å²) >= 11 is 0. The van der Waals surface area contributed by atoms with Gasteiger partial charge < -0.3 is 4.90 Å². The topological polar surface area (TPSA) is 3.24 Å². The third kappa shape index (κ3) is 3.48. The number of nitrogens with zero attached hydrogens (tertiary/aromatic N) is 1. The lowest BCUT2D eigenvalue weighted by molar-refractivity contribution is 0.0706. The van der Waals surface area contributed by atoms with Crippen LogP contribution in [0.5, 0.6) is 0 Å². The molecule has 0 bridgehead atoms. The summed E-state index contributed by atoms with van der Waals surface area (Å²) in [4.78, 5) is 2.61. The summed E-state index contributed by atoms with van der Waals surface area (Å²) in [6.07, 6.45) is 10.5. The van der Waals surface area contributed by atoms with Gasteiger partial charge in [0.15, 0.2) is 0 Å². The van der Waals surface area contributed by atoms with Gasteiger partial charge in [0.1, 0.15) is 0 Å². The van der Waals surface area contributed by atoms with E-state index in [0.717, 1.165) is 5.41 Å². The Morgan fingerprint density at radius 2 is 1.40 bits per heavy atom. The highest BCUT2D eigenvalue weighted by Gasteiger charge is 2.34. The highest BCUT2D eigenvalue weighted by molar-refractivity contribution is 4.87. The van der Waals surface area contributed by atoms with E-state index in [9.17, 15) is 0 Å². The SMILES string of the molecule is CC.CCN1CCC2(CCCCC2)CC1. The Balaban J connectivity index is 0.000000531. The fraction of sp³-hybridized carbons (Fsp3) is 1.00. The second-order valence-electron chi connectivity index (χ2n) is 4.99. The second-order valence-corrected chi connectivity index (χ2v) is 4.99. The molecule has 0 aromatic rings. The molecule has 0 N–H and O–H groups in total. The predicted octanol–water partition coefficient (Wildman–Crippen LogP) is 4.08. The van der Waals surface area contributed by atoms with Crippen molar-refractivity contribution in [2.45, 2.75) is 65.7 Å². The summed E-state index contributed by atoms with van der Waals surface area (Å²) in [7, 11) is 0. The molecule has 1 heterocycles. The third-order valence-corrected chi connectivity index (χ3v) is 4.28. The van der Waals surface area contributed by atoms with Crippen LogP contribution in [0.2, 0.25) is 0 Å². The molecule has 0 aromatic carbocycles. The molecule has 0 aromatic heterocycles. The zero-order chi connectivity index (χ0) is 11.1. The molecule has 1 saturated carbocycles. The van der Waals surface area contributed by atoms with E-state index >= 15 is 0 Å². The molecule has 0 amide bonds. The molecule has 90 valence electrons. The molecule has 2 rings (SSSR count). The van der Waals surface area contributed by atoms with Crippen LogP contribution in [0, 0.1) is 5.41 Å². The lowest BCUT2D eigenvalue weighted by atomic mass is 9.68. The lowest BCUT2D eigenvalue weighted by Gasteiger charge is -2.44. The normalized spacial score (nSPS) is 25.8. The first kappa shape index (κ1) is 13.0. The van der Waals surface area contributed by atoms with Gasteiger partial charge in [-0.2, -0.15) is 0 Å². The van der Waals surface area contributed by atoms with Crippen LogP contribution in [-0.2, 0) is 0 Å². The molecule has 1 aliphatic heterocycles. The van der Waals surface area contributed by atoms with Crippen molar-refractivity contribution in [1.82, 2.24) is 4.90 Å². The quantitative estimate of drug-likeness (QED) is 0.632. The first-order valence-corrected chi connectivity index (χ1v) is 7.07. The molecule has 2 aliphatic rings. The number of likely N-dealkylation sites (tertiary alicyclic amines) is 1. The fourth-order valence-corrected chi connectivity index (χ4v) is 3.15. The molecule has 1 aliphatic carbocycles. The Morgan fingerprint density at radius 3 is 1.87 bits per heavy atom. The third-order valence-electron chi connectivity index (χ3n) is 4.28. The van der Waals surface area contributed by atoms with E-state index < -0.39 is 0 Å². The number of piperidine rings is 1. The fourth-order valence-electron chi connectivity index (χ4n) is 3.15. The zero-order valence-corrected chi connectivity index (χ0v) is 11.0. The Hall–Kier alpha value is -0.0400. The van der Waals surface area contributed by atoms with Gasteiger partial charge in [-0.15, -0.1) is 0 Å². The van der Waals surface area contributed by atoms with Crippen LogP contribution in [-0.4, -0.2) is 24.5 Å². The summed E-state index contributed by atoms with van der Waals surface area (Å²) in [6.45, 7) is 10.3. The zero-order valence-electron chi connectivity index (χ0n) is 11.0. The maximum atomic E-state index is 2.61. The molecule has 1 heteroatoms. The summed E-state index contributed by atoms with van der Waals surface area (Å²) in [5.41, 5.74) is 0.796. The van der Waals surface area contributed by atoms with Crippen molar-refractivity contribution in [3.8, 4) is 0 Å². The van der Waals surface area contributed by atoms with E-state index in [0.29, 0.717) is 0 Å². The summed E-state index contributed by atoms with van der Waals surface area (Å²) in [5.74, 6) is 0. The van der Waals surface area contributed by atoms with Crippen LogP contribution < -0.4 is 0 Å². The van der Waals surface area contributed by atoms with Crippen molar-refractivity contribution in [1.29, 1.82) is 0 Å². The Kier molecular flexibility index (Phi) is 5.66. The Bertz CT molecular complexity index is 149. The number of rotatable bonds is 1. The standard InChI is InChI=1S/C12H23N.C2H6/c1-2-13-10-8-12(9-11-13)6-4-3-5-7-12;1-2/h2-11H2,1H3;1-2H3. The van der Waals surface area contributed by atoms with Gasteiger partial charge in [-0.1, -0.05) is 40.0 Å². The molecule has 0 unspecified atom stereocenters. The lowest BCUT2D eigenvalue weighted by Crippen LogP contribution is -2.40. The molecular formula is C14H29N. The van der Waals surface area contributed by atoms with Crippen LogP contribution in [0.3, 0.4) is 0 Å².